The third-order valence-corrected chi connectivity index (χ3v) is 7.38. The van der Waals surface area contributed by atoms with Crippen LogP contribution >= 0.6 is 11.3 Å². The molecule has 1 N–H and O–H groups in total. The van der Waals surface area contributed by atoms with Crippen LogP contribution in [0, 0.1) is 24.8 Å². The van der Waals surface area contributed by atoms with E-state index in [2.05, 4.69) is 67.6 Å². The second kappa shape index (κ2) is 11.9. The number of aliphatic hydroxyl groups excluding tert-OH is 1. The van der Waals surface area contributed by atoms with E-state index in [0.717, 1.165) is 11.3 Å². The molecule has 36 heavy (non-hydrogen) atoms. The zero-order valence-corrected chi connectivity index (χ0v) is 24.3. The first kappa shape index (κ1) is 27.7. The third kappa shape index (κ3) is 5.75. The molecule has 0 amide bonds. The number of hydrogen-bond acceptors (Lipinski definition) is 4. The number of rotatable bonds is 4. The molecule has 187 valence electrons. The normalized spacial score (nSPS) is 11.6. The fourth-order valence-corrected chi connectivity index (χ4v) is 5.14. The number of benzene rings is 3. The fourth-order valence-electron chi connectivity index (χ4n) is 3.88. The van der Waals surface area contributed by atoms with Gasteiger partial charge in [-0.1, -0.05) is 75.5 Å². The molecule has 5 heteroatoms. The Hall–Kier alpha value is -2.85. The van der Waals surface area contributed by atoms with Gasteiger partial charge in [-0.2, -0.15) is 0 Å². The second-order valence-corrected chi connectivity index (χ2v) is 10.3. The first-order valence-electron chi connectivity index (χ1n) is 11.9. The van der Waals surface area contributed by atoms with Crippen molar-refractivity contribution in [1.29, 1.82) is 0 Å². The number of aliphatic hydroxyl groups is 1. The van der Waals surface area contributed by atoms with E-state index in [9.17, 15) is 9.90 Å². The van der Waals surface area contributed by atoms with Gasteiger partial charge in [0.25, 0.3) is 0 Å². The molecule has 0 spiro atoms. The van der Waals surface area contributed by atoms with E-state index in [1.165, 1.54) is 42.6 Å². The Labute approximate surface area is 230 Å². The first-order valence-corrected chi connectivity index (χ1v) is 12.7. The summed E-state index contributed by atoms with van der Waals surface area (Å²) >= 11 is 1.84. The molecule has 0 saturated carbocycles. The van der Waals surface area contributed by atoms with Crippen LogP contribution in [0.5, 0.6) is 0 Å². The Balaban J connectivity index is 0.000000260. The molecule has 0 aliphatic heterocycles. The number of ketones is 1. The van der Waals surface area contributed by atoms with E-state index >= 15 is 0 Å². The Morgan fingerprint density at radius 2 is 1.61 bits per heavy atom. The van der Waals surface area contributed by atoms with Gasteiger partial charge in [0.2, 0.25) is 0 Å². The first-order chi connectivity index (χ1) is 16.8. The van der Waals surface area contributed by atoms with Crippen LogP contribution in [0.15, 0.2) is 78.7 Å². The summed E-state index contributed by atoms with van der Waals surface area (Å²) in [6, 6.07) is 24.6. The topological polar surface area (TPSA) is 50.2 Å². The predicted molar refractivity (Wildman–Crippen MR) is 149 cm³/mol. The maximum absolute atomic E-state index is 11.0. The summed E-state index contributed by atoms with van der Waals surface area (Å²) in [4.78, 5) is 15.8. The van der Waals surface area contributed by atoms with Crippen molar-refractivity contribution in [3.8, 4) is 11.3 Å². The van der Waals surface area contributed by atoms with Crippen molar-refractivity contribution < 1.29 is 30.0 Å². The molecular formula is C31H30IrNO2S-. The molecule has 3 nitrogen and oxygen atoms in total. The molecule has 0 aliphatic carbocycles. The third-order valence-electron chi connectivity index (χ3n) is 6.02. The summed E-state index contributed by atoms with van der Waals surface area (Å²) in [5.74, 6) is 0.161. The van der Waals surface area contributed by atoms with Crippen LogP contribution in [0.25, 0.3) is 42.2 Å². The monoisotopic (exact) mass is 673 g/mol. The number of carbonyl (C=O) groups is 1. The molecule has 0 unspecified atom stereocenters. The Bertz CT molecular complexity index is 1540. The number of allylic oxidation sites excluding steroid dienone is 2. The van der Waals surface area contributed by atoms with Gasteiger partial charge >= 0.3 is 0 Å². The van der Waals surface area contributed by atoms with Crippen LogP contribution in [0.2, 0.25) is 0 Å². The minimum atomic E-state index is -0.0316. The molecule has 3 aromatic carbocycles. The van der Waals surface area contributed by atoms with Crippen LogP contribution in [-0.2, 0) is 24.9 Å². The number of pyridine rings is 1. The van der Waals surface area contributed by atoms with Gasteiger partial charge < -0.3 is 10.1 Å². The molecule has 5 rings (SSSR count). The van der Waals surface area contributed by atoms with Gasteiger partial charge in [0.05, 0.1) is 5.76 Å². The molecular weight excluding hydrogens is 643 g/mol. The van der Waals surface area contributed by atoms with Gasteiger partial charge in [0.15, 0.2) is 5.78 Å². The predicted octanol–water partition coefficient (Wildman–Crippen LogP) is 8.69. The van der Waals surface area contributed by atoms with Crippen LogP contribution in [0.3, 0.4) is 0 Å². The van der Waals surface area contributed by atoms with Crippen molar-refractivity contribution in [3.05, 3.63) is 90.3 Å². The van der Waals surface area contributed by atoms with Crippen molar-refractivity contribution in [2.45, 2.75) is 34.6 Å². The number of aryl methyl sites for hydroxylation is 1. The number of carbonyl (C=O) groups excluding carboxylic acids is 1. The van der Waals surface area contributed by atoms with Crippen LogP contribution < -0.4 is 0 Å². The van der Waals surface area contributed by atoms with Crippen LogP contribution in [0.1, 0.15) is 33.3 Å². The van der Waals surface area contributed by atoms with Crippen molar-refractivity contribution in [1.82, 2.24) is 4.98 Å². The van der Waals surface area contributed by atoms with Gasteiger partial charge in [0, 0.05) is 59.3 Å². The standard InChI is InChI=1S/C22H14NS.C9H16O2.Ir/c1-14-6-4-11-18-19-12-13-23-20(22(19)24-21(14)18)17-10-5-8-15-7-2-3-9-16(15)17;1-6(2)8(10)5-9(11)7(3)4;/h2-9,11-13H,1H3;5-7,10H,1-4H3;/q-1;;/b;8-5-;. The SMILES string of the molecule is CC(C)C(=O)/C=C(\O)C(C)C.Cc1cccc2c1sc1c(-c3[c-]ccc4ccccc34)nccc12.[Ir]. The molecule has 5 aromatic rings. The van der Waals surface area contributed by atoms with Gasteiger partial charge in [-0.05, 0) is 29.3 Å². The van der Waals surface area contributed by atoms with Gasteiger partial charge in [-0.3, -0.25) is 4.79 Å². The van der Waals surface area contributed by atoms with Crippen LogP contribution in [0.4, 0.5) is 0 Å². The van der Waals surface area contributed by atoms with Gasteiger partial charge in [-0.25, -0.2) is 0 Å². The minimum absolute atomic E-state index is 0. The maximum atomic E-state index is 11.0. The minimum Gasteiger partial charge on any atom is -0.512 e. The fraction of sp³-hybridized carbons (Fsp3) is 0.226. The van der Waals surface area contributed by atoms with E-state index < -0.39 is 0 Å². The number of thiophene rings is 1. The molecule has 0 bridgehead atoms. The van der Waals surface area contributed by atoms with Crippen LogP contribution in [-0.4, -0.2) is 15.9 Å². The van der Waals surface area contributed by atoms with E-state index in [-0.39, 0.29) is 43.5 Å². The summed E-state index contributed by atoms with van der Waals surface area (Å²) in [5.41, 5.74) is 3.44. The van der Waals surface area contributed by atoms with E-state index in [0.29, 0.717) is 0 Å². The molecule has 0 aliphatic rings. The zero-order chi connectivity index (χ0) is 25.1. The molecule has 2 aromatic heterocycles. The summed E-state index contributed by atoms with van der Waals surface area (Å²) in [6.07, 6.45) is 3.23. The molecule has 1 radical (unpaired) electrons. The summed E-state index contributed by atoms with van der Waals surface area (Å²) in [5, 5.41) is 14.2. The quantitative estimate of drug-likeness (QED) is 0.118. The summed E-state index contributed by atoms with van der Waals surface area (Å²) in [6.45, 7) is 9.49. The van der Waals surface area contributed by atoms with Crippen molar-refractivity contribution in [2.24, 2.45) is 11.8 Å². The molecule has 0 fully saturated rings. The Kier molecular flexibility index (Phi) is 9.18. The number of aromatic nitrogens is 1. The van der Waals surface area contributed by atoms with E-state index in [1.54, 1.807) is 0 Å². The van der Waals surface area contributed by atoms with Gasteiger partial charge in [0.1, 0.15) is 0 Å². The van der Waals surface area contributed by atoms with Crippen molar-refractivity contribution in [3.63, 3.8) is 0 Å². The second-order valence-electron chi connectivity index (χ2n) is 9.31. The van der Waals surface area contributed by atoms with Crippen molar-refractivity contribution in [2.75, 3.05) is 0 Å². The largest absolute Gasteiger partial charge is 0.512 e. The van der Waals surface area contributed by atoms with E-state index in [1.807, 2.05) is 51.3 Å². The Morgan fingerprint density at radius 1 is 0.917 bits per heavy atom. The molecule has 2 heterocycles. The van der Waals surface area contributed by atoms with Crippen molar-refractivity contribution >= 4 is 48.1 Å². The Morgan fingerprint density at radius 3 is 2.33 bits per heavy atom. The van der Waals surface area contributed by atoms with Gasteiger partial charge in [-0.15, -0.1) is 40.5 Å². The average Bonchev–Trinajstić information content (AvgIpc) is 3.24. The number of fused-ring (bicyclic) bond motifs is 4. The number of hydrogen-bond donors (Lipinski definition) is 1. The summed E-state index contributed by atoms with van der Waals surface area (Å²) < 4.78 is 2.59. The molecule has 0 atom stereocenters. The summed E-state index contributed by atoms with van der Waals surface area (Å²) in [7, 11) is 0. The zero-order valence-electron chi connectivity index (χ0n) is 21.1. The average molecular weight is 673 g/mol. The van der Waals surface area contributed by atoms with E-state index in [4.69, 9.17) is 4.98 Å². The molecule has 0 saturated heterocycles. The maximum Gasteiger partial charge on any atom is 0.161 e. The number of nitrogens with zero attached hydrogens (tertiary/aromatic N) is 1. The smallest absolute Gasteiger partial charge is 0.161 e.